The number of nitrogens with one attached hydrogen (secondary N) is 1. The zero-order valence-electron chi connectivity index (χ0n) is 19.3. The van der Waals surface area contributed by atoms with Crippen LogP contribution in [0, 0.1) is 4.77 Å². The summed E-state index contributed by atoms with van der Waals surface area (Å²) in [7, 11) is 0. The lowest BCUT2D eigenvalue weighted by atomic mass is 9.89. The number of H-pyrrole nitrogens is 1. The van der Waals surface area contributed by atoms with Gasteiger partial charge in [-0.15, -0.1) is 0 Å². The monoisotopic (exact) mass is 473 g/mol. The molecule has 0 saturated carbocycles. The van der Waals surface area contributed by atoms with Crippen LogP contribution in [0.4, 0.5) is 0 Å². The molecule has 6 heteroatoms. The van der Waals surface area contributed by atoms with Crippen LogP contribution < -0.4 is 5.56 Å². The fraction of sp³-hybridized carbons (Fsp3) is 0.321. The van der Waals surface area contributed by atoms with E-state index < -0.39 is 5.56 Å². The smallest absolute Gasteiger partial charge is 0.264 e. The summed E-state index contributed by atoms with van der Waals surface area (Å²) in [5, 5.41) is 10.8. The predicted molar refractivity (Wildman–Crippen MR) is 141 cm³/mol. The van der Waals surface area contributed by atoms with E-state index in [1.165, 1.54) is 35.8 Å². The van der Waals surface area contributed by atoms with E-state index in [0.717, 1.165) is 25.7 Å². The van der Waals surface area contributed by atoms with Gasteiger partial charge >= 0.3 is 0 Å². The summed E-state index contributed by atoms with van der Waals surface area (Å²) in [6.07, 6.45) is 10.0. The van der Waals surface area contributed by atoms with Crippen molar-refractivity contribution in [1.82, 2.24) is 9.55 Å². The lowest BCUT2D eigenvalue weighted by molar-refractivity contribution is 0.402. The molecular weight excluding hydrogens is 442 g/mol. The van der Waals surface area contributed by atoms with E-state index >= 15 is 0 Å². The first kappa shape index (κ1) is 23.9. The molecule has 1 aliphatic rings. The van der Waals surface area contributed by atoms with Crippen LogP contribution in [0.2, 0.25) is 0 Å². The summed E-state index contributed by atoms with van der Waals surface area (Å²) in [5.41, 5.74) is 3.59. The maximum absolute atomic E-state index is 12.5. The largest absolute Gasteiger partial charge is 0.494 e. The first-order valence-electron chi connectivity index (χ1n) is 12.0. The van der Waals surface area contributed by atoms with Gasteiger partial charge in [-0.3, -0.25) is 19.3 Å². The third kappa shape index (κ3) is 6.00. The van der Waals surface area contributed by atoms with Crippen LogP contribution in [0.1, 0.15) is 61.1 Å². The number of rotatable bonds is 9. The Kier molecular flexibility index (Phi) is 8.26. The van der Waals surface area contributed by atoms with Crippen molar-refractivity contribution in [3.05, 3.63) is 104 Å². The van der Waals surface area contributed by atoms with Crippen LogP contribution in [0.3, 0.4) is 0 Å². The van der Waals surface area contributed by atoms with Crippen molar-refractivity contribution in [1.29, 1.82) is 0 Å². The molecule has 0 unspecified atom stereocenters. The molecule has 0 fully saturated rings. The molecule has 0 aliphatic heterocycles. The van der Waals surface area contributed by atoms with Gasteiger partial charge in [0.05, 0.1) is 0 Å². The highest BCUT2D eigenvalue weighted by molar-refractivity contribution is 7.71. The summed E-state index contributed by atoms with van der Waals surface area (Å²) in [5.74, 6) is 0.0896. The van der Waals surface area contributed by atoms with Crippen LogP contribution in [0.25, 0.3) is 0 Å². The Morgan fingerprint density at radius 1 is 1.06 bits per heavy atom. The van der Waals surface area contributed by atoms with Gasteiger partial charge < -0.3 is 5.11 Å². The van der Waals surface area contributed by atoms with Gasteiger partial charge in [0.15, 0.2) is 4.77 Å². The van der Waals surface area contributed by atoms with Crippen molar-refractivity contribution < 1.29 is 5.11 Å². The lowest BCUT2D eigenvalue weighted by Crippen LogP contribution is -2.19. The van der Waals surface area contributed by atoms with Gasteiger partial charge in [0.1, 0.15) is 5.56 Å². The molecule has 2 N–H and O–H groups in total. The molecule has 1 aromatic heterocycles. The second kappa shape index (κ2) is 11.7. The van der Waals surface area contributed by atoms with Crippen molar-refractivity contribution in [2.75, 3.05) is 6.54 Å². The Balaban J connectivity index is 1.48. The molecule has 1 heterocycles. The average Bonchev–Trinajstić information content (AvgIpc) is 2.87. The fourth-order valence-electron chi connectivity index (χ4n) is 4.54. The molecule has 0 saturated heterocycles. The quantitative estimate of drug-likeness (QED) is 0.223. The Labute approximate surface area is 205 Å². The Morgan fingerprint density at radius 3 is 2.35 bits per heavy atom. The van der Waals surface area contributed by atoms with Gasteiger partial charge in [0.25, 0.3) is 5.56 Å². The maximum Gasteiger partial charge on any atom is 0.264 e. The third-order valence-corrected chi connectivity index (χ3v) is 6.74. The summed E-state index contributed by atoms with van der Waals surface area (Å²) in [4.78, 5) is 19.7. The van der Waals surface area contributed by atoms with Gasteiger partial charge in [-0.2, -0.15) is 0 Å². The van der Waals surface area contributed by atoms with E-state index in [4.69, 9.17) is 12.2 Å². The van der Waals surface area contributed by atoms with E-state index in [1.54, 1.807) is 4.57 Å². The number of aromatic hydroxyl groups is 1. The second-order valence-corrected chi connectivity index (χ2v) is 9.09. The Morgan fingerprint density at radius 2 is 1.74 bits per heavy atom. The summed E-state index contributed by atoms with van der Waals surface area (Å²) in [6, 6.07) is 20.7. The first-order valence-corrected chi connectivity index (χ1v) is 12.4. The van der Waals surface area contributed by atoms with E-state index in [9.17, 15) is 9.90 Å². The molecule has 34 heavy (non-hydrogen) atoms. The van der Waals surface area contributed by atoms with Crippen LogP contribution in [0.5, 0.6) is 5.88 Å². The zero-order valence-corrected chi connectivity index (χ0v) is 20.1. The molecule has 176 valence electrons. The second-order valence-electron chi connectivity index (χ2n) is 8.70. The third-order valence-electron chi connectivity index (χ3n) is 6.42. The van der Waals surface area contributed by atoms with E-state index in [2.05, 4.69) is 40.3 Å². The normalized spacial score (nSPS) is 14.0. The van der Waals surface area contributed by atoms with Crippen molar-refractivity contribution in [3.8, 4) is 5.88 Å². The minimum Gasteiger partial charge on any atom is -0.494 e. The molecule has 5 nitrogen and oxygen atoms in total. The molecule has 0 amide bonds. The van der Waals surface area contributed by atoms with Crippen LogP contribution in [-0.2, 0) is 6.54 Å². The van der Waals surface area contributed by atoms with Crippen molar-refractivity contribution in [2.45, 2.75) is 51.0 Å². The number of aromatic amines is 1. The predicted octanol–water partition coefficient (Wildman–Crippen LogP) is 6.14. The van der Waals surface area contributed by atoms with Crippen LogP contribution in [0.15, 0.2) is 82.1 Å². The topological polar surface area (TPSA) is 70.4 Å². The van der Waals surface area contributed by atoms with Crippen LogP contribution in [-0.4, -0.2) is 27.4 Å². The van der Waals surface area contributed by atoms with Gasteiger partial charge in [-0.1, -0.05) is 72.3 Å². The molecule has 1 aliphatic carbocycles. The van der Waals surface area contributed by atoms with E-state index in [0.29, 0.717) is 13.1 Å². The number of hydrogen-bond donors (Lipinski definition) is 2. The standard InChI is InChI=1S/C28H31N3O2S/c32-26-25(27(33)31(28(34)30-26)19-17-21-10-4-1-5-11-21)20-29-18-16-24(22-12-6-2-7-13-22)23-14-8-3-9-15-23/h2-3,6-10,12-15,20,24,33H,1,4-5,11,16-19H2,(H,30,32,34). The minimum atomic E-state index is -0.415. The number of benzene rings is 2. The number of hydrogen-bond acceptors (Lipinski definition) is 4. The average molecular weight is 474 g/mol. The SMILES string of the molecule is O=c1[nH]c(=S)n(CCC2=CCCCC2)c(O)c1C=NCCC(c1ccccc1)c1ccccc1. The first-order chi connectivity index (χ1) is 16.6. The highest BCUT2D eigenvalue weighted by Gasteiger charge is 2.14. The lowest BCUT2D eigenvalue weighted by Gasteiger charge is -2.17. The highest BCUT2D eigenvalue weighted by Crippen LogP contribution is 2.28. The number of aromatic nitrogens is 2. The summed E-state index contributed by atoms with van der Waals surface area (Å²) in [6.45, 7) is 1.06. The molecule has 0 spiro atoms. The molecule has 2 aromatic carbocycles. The van der Waals surface area contributed by atoms with Gasteiger partial charge in [-0.25, -0.2) is 0 Å². The van der Waals surface area contributed by atoms with E-state index in [1.807, 2.05) is 36.4 Å². The molecule has 0 atom stereocenters. The number of nitrogens with zero attached hydrogens (tertiary/aromatic N) is 2. The van der Waals surface area contributed by atoms with Crippen LogP contribution >= 0.6 is 12.2 Å². The Bertz CT molecular complexity index is 1220. The highest BCUT2D eigenvalue weighted by atomic mass is 32.1. The zero-order chi connectivity index (χ0) is 23.8. The Hall–Kier alpha value is -3.25. The van der Waals surface area contributed by atoms with Gasteiger partial charge in [0.2, 0.25) is 5.88 Å². The summed E-state index contributed by atoms with van der Waals surface area (Å²) < 4.78 is 1.84. The minimum absolute atomic E-state index is 0.114. The van der Waals surface area contributed by atoms with Gasteiger partial charge in [-0.05, 0) is 61.9 Å². The summed E-state index contributed by atoms with van der Waals surface area (Å²) >= 11 is 5.31. The van der Waals surface area contributed by atoms with E-state index in [-0.39, 0.29) is 22.1 Å². The van der Waals surface area contributed by atoms with Gasteiger partial charge in [0, 0.05) is 25.2 Å². The maximum atomic E-state index is 12.5. The van der Waals surface area contributed by atoms with Crippen molar-refractivity contribution >= 4 is 18.4 Å². The fourth-order valence-corrected chi connectivity index (χ4v) is 4.81. The number of allylic oxidation sites excluding steroid dienone is 2. The molecule has 0 radical (unpaired) electrons. The molecular formula is C28H31N3O2S. The molecule has 0 bridgehead atoms. The van der Waals surface area contributed by atoms with Crippen molar-refractivity contribution in [2.24, 2.45) is 4.99 Å². The molecule has 3 aromatic rings. The van der Waals surface area contributed by atoms with Crippen molar-refractivity contribution in [3.63, 3.8) is 0 Å². The number of aliphatic imine (C=N–C) groups is 1. The molecule has 4 rings (SSSR count).